The molecular formula is C27H43N3O4S. The van der Waals surface area contributed by atoms with Crippen LogP contribution in [-0.2, 0) is 14.4 Å². The lowest BCUT2D eigenvalue weighted by molar-refractivity contribution is -0.149. The topological polar surface area (TPSA) is 81.2 Å². The molecule has 35 heavy (non-hydrogen) atoms. The summed E-state index contributed by atoms with van der Waals surface area (Å²) in [5, 5.41) is 10.4. The number of likely N-dealkylation sites (tertiary alicyclic amines) is 1. The van der Waals surface area contributed by atoms with Crippen LogP contribution in [0.15, 0.2) is 25.3 Å². The Balaban J connectivity index is 2.19. The van der Waals surface area contributed by atoms with Crippen LogP contribution in [0.4, 0.5) is 0 Å². The van der Waals surface area contributed by atoms with Gasteiger partial charge in [-0.25, -0.2) is 0 Å². The highest BCUT2D eigenvalue weighted by atomic mass is 32.2. The van der Waals surface area contributed by atoms with Crippen molar-refractivity contribution in [3.63, 3.8) is 0 Å². The zero-order valence-electron chi connectivity index (χ0n) is 22.4. The van der Waals surface area contributed by atoms with E-state index in [4.69, 9.17) is 0 Å². The molecule has 3 rings (SSSR count). The molecule has 8 heteroatoms. The number of hydrogen-bond donors (Lipinski definition) is 1. The van der Waals surface area contributed by atoms with Crippen molar-refractivity contribution in [2.45, 2.75) is 81.5 Å². The molecule has 0 aromatic heterocycles. The number of hydrogen-bond acceptors (Lipinski definition) is 5. The van der Waals surface area contributed by atoms with Crippen LogP contribution < -0.4 is 0 Å². The van der Waals surface area contributed by atoms with Crippen LogP contribution in [0.2, 0.25) is 0 Å². The van der Waals surface area contributed by atoms with Crippen LogP contribution in [0.25, 0.3) is 0 Å². The van der Waals surface area contributed by atoms with Crippen LogP contribution >= 0.6 is 11.8 Å². The maximum Gasteiger partial charge on any atom is 0.247 e. The molecule has 0 radical (unpaired) electrons. The summed E-state index contributed by atoms with van der Waals surface area (Å²) in [5.74, 6) is -1.54. The van der Waals surface area contributed by atoms with Crippen molar-refractivity contribution in [1.82, 2.24) is 14.7 Å². The summed E-state index contributed by atoms with van der Waals surface area (Å²) in [6, 6.07) is -1.25. The first-order chi connectivity index (χ1) is 16.2. The fourth-order valence-corrected chi connectivity index (χ4v) is 8.82. The van der Waals surface area contributed by atoms with Crippen molar-refractivity contribution in [2.24, 2.45) is 17.8 Å². The zero-order valence-corrected chi connectivity index (χ0v) is 23.2. The highest BCUT2D eigenvalue weighted by Crippen LogP contribution is 2.72. The molecule has 2 unspecified atom stereocenters. The molecule has 0 saturated carbocycles. The SMILES string of the molecule is C=CCN(C)C(=O)[C@H]1[C@H]2C(=O)N([C@@H](CO)C(C)C)C(C(=O)N(CC=C)C(C)(C)C)C23CC[C@]1(C)S3. The molecule has 0 aromatic rings. The van der Waals surface area contributed by atoms with Gasteiger partial charge < -0.3 is 19.8 Å². The predicted octanol–water partition coefficient (Wildman–Crippen LogP) is 2.94. The molecule has 7 nitrogen and oxygen atoms in total. The Morgan fingerprint density at radius 1 is 1.20 bits per heavy atom. The van der Waals surface area contributed by atoms with E-state index < -0.39 is 39.0 Å². The van der Waals surface area contributed by atoms with E-state index in [1.807, 2.05) is 34.6 Å². The van der Waals surface area contributed by atoms with Crippen molar-refractivity contribution in [2.75, 3.05) is 26.7 Å². The van der Waals surface area contributed by atoms with Gasteiger partial charge in [0.05, 0.1) is 29.2 Å². The number of aliphatic hydroxyl groups is 1. The Kier molecular flexibility index (Phi) is 7.60. The van der Waals surface area contributed by atoms with Crippen molar-refractivity contribution in [3.8, 4) is 0 Å². The van der Waals surface area contributed by atoms with E-state index in [9.17, 15) is 19.5 Å². The Labute approximate surface area is 215 Å². The van der Waals surface area contributed by atoms with Crippen LogP contribution in [0, 0.1) is 17.8 Å². The maximum absolute atomic E-state index is 14.4. The molecule has 3 aliphatic heterocycles. The van der Waals surface area contributed by atoms with Gasteiger partial charge in [0.25, 0.3) is 0 Å². The van der Waals surface area contributed by atoms with E-state index in [-0.39, 0.29) is 30.2 Å². The summed E-state index contributed by atoms with van der Waals surface area (Å²) in [5.41, 5.74) is -0.480. The van der Waals surface area contributed by atoms with Gasteiger partial charge in [0, 0.05) is 30.4 Å². The summed E-state index contributed by atoms with van der Waals surface area (Å²) in [4.78, 5) is 47.5. The van der Waals surface area contributed by atoms with Crippen LogP contribution in [0.5, 0.6) is 0 Å². The standard InChI is InChI=1S/C27H43N3O4S/c1-10-14-28(9)22(32)19-20-23(33)30(18(16-31)17(3)4)21(27(20)13-12-26(19,8)35-27)24(34)29(15-11-2)25(5,6)7/h10-11,17-21,31H,1-2,12-16H2,3-9H3/t18-,19+,20-,21?,26-,27?/m0/s1. The number of fused-ring (bicyclic) bond motifs is 1. The summed E-state index contributed by atoms with van der Waals surface area (Å²) in [6.07, 6.45) is 4.85. The molecule has 1 N–H and O–H groups in total. The van der Waals surface area contributed by atoms with Gasteiger partial charge in [-0.15, -0.1) is 24.9 Å². The van der Waals surface area contributed by atoms with Crippen molar-refractivity contribution in [3.05, 3.63) is 25.3 Å². The fourth-order valence-electron chi connectivity index (χ4n) is 6.49. The lowest BCUT2D eigenvalue weighted by Crippen LogP contribution is -2.61. The van der Waals surface area contributed by atoms with Gasteiger partial charge in [-0.2, -0.15) is 0 Å². The Morgan fingerprint density at radius 2 is 1.80 bits per heavy atom. The highest BCUT2D eigenvalue weighted by Gasteiger charge is 2.78. The van der Waals surface area contributed by atoms with Gasteiger partial charge >= 0.3 is 0 Å². The molecule has 2 bridgehead atoms. The van der Waals surface area contributed by atoms with Gasteiger partial charge in [-0.1, -0.05) is 26.0 Å². The summed E-state index contributed by atoms with van der Waals surface area (Å²) in [6.45, 7) is 20.1. The second-order valence-electron chi connectivity index (χ2n) is 11.9. The molecule has 3 heterocycles. The van der Waals surface area contributed by atoms with Crippen LogP contribution in [-0.4, -0.2) is 91.4 Å². The minimum absolute atomic E-state index is 0.0488. The lowest BCUT2D eigenvalue weighted by atomic mass is 9.66. The third-order valence-electron chi connectivity index (χ3n) is 8.20. The average Bonchev–Trinajstić information content (AvgIpc) is 3.32. The van der Waals surface area contributed by atoms with E-state index in [2.05, 4.69) is 20.1 Å². The molecule has 196 valence electrons. The number of carbonyl (C=O) groups excluding carboxylic acids is 3. The number of rotatable bonds is 9. The highest BCUT2D eigenvalue weighted by molar-refractivity contribution is 8.02. The smallest absolute Gasteiger partial charge is 0.247 e. The van der Waals surface area contributed by atoms with Gasteiger partial charge in [0.2, 0.25) is 17.7 Å². The quantitative estimate of drug-likeness (QED) is 0.488. The second-order valence-corrected chi connectivity index (χ2v) is 13.8. The molecule has 1 spiro atoms. The first kappa shape index (κ1) is 27.8. The Morgan fingerprint density at radius 3 is 2.29 bits per heavy atom. The number of thioether (sulfide) groups is 1. The monoisotopic (exact) mass is 505 g/mol. The summed E-state index contributed by atoms with van der Waals surface area (Å²) in [7, 11) is 1.74. The second kappa shape index (κ2) is 9.58. The third-order valence-corrected chi connectivity index (χ3v) is 10.2. The van der Waals surface area contributed by atoms with Crippen molar-refractivity contribution >= 4 is 29.5 Å². The maximum atomic E-state index is 14.4. The van der Waals surface area contributed by atoms with Crippen molar-refractivity contribution < 1.29 is 19.5 Å². The van der Waals surface area contributed by atoms with Gasteiger partial charge in [-0.3, -0.25) is 14.4 Å². The molecule has 3 fully saturated rings. The van der Waals surface area contributed by atoms with E-state index in [1.54, 1.807) is 45.7 Å². The molecule has 0 aliphatic carbocycles. The number of amides is 3. The van der Waals surface area contributed by atoms with E-state index >= 15 is 0 Å². The normalized spacial score (nSPS) is 32.5. The lowest BCUT2D eigenvalue weighted by Gasteiger charge is -2.44. The number of carbonyl (C=O) groups is 3. The summed E-state index contributed by atoms with van der Waals surface area (Å²) < 4.78 is -1.12. The zero-order chi connectivity index (χ0) is 26.5. The van der Waals surface area contributed by atoms with Gasteiger partial charge in [0.1, 0.15) is 6.04 Å². The van der Waals surface area contributed by atoms with E-state index in [0.717, 1.165) is 6.42 Å². The number of likely N-dealkylation sites (N-methyl/N-ethyl adjacent to an activating group) is 1. The Hall–Kier alpha value is -1.80. The van der Waals surface area contributed by atoms with Gasteiger partial charge in [-0.05, 0) is 46.5 Å². The molecule has 3 aliphatic rings. The predicted molar refractivity (Wildman–Crippen MR) is 141 cm³/mol. The summed E-state index contributed by atoms with van der Waals surface area (Å²) >= 11 is 1.66. The van der Waals surface area contributed by atoms with E-state index in [0.29, 0.717) is 19.5 Å². The first-order valence-electron chi connectivity index (χ1n) is 12.6. The van der Waals surface area contributed by atoms with Crippen molar-refractivity contribution in [1.29, 1.82) is 0 Å². The largest absolute Gasteiger partial charge is 0.394 e. The average molecular weight is 506 g/mol. The third kappa shape index (κ3) is 4.24. The minimum atomic E-state index is -0.743. The molecule has 0 aromatic carbocycles. The molecule has 6 atom stereocenters. The van der Waals surface area contributed by atoms with Gasteiger partial charge in [0.15, 0.2) is 0 Å². The van der Waals surface area contributed by atoms with Crippen LogP contribution in [0.1, 0.15) is 54.4 Å². The molecule has 3 amide bonds. The first-order valence-corrected chi connectivity index (χ1v) is 13.4. The Bertz CT molecular complexity index is 899. The number of aliphatic hydroxyl groups excluding tert-OH is 1. The minimum Gasteiger partial charge on any atom is -0.394 e. The van der Waals surface area contributed by atoms with Crippen LogP contribution in [0.3, 0.4) is 0 Å². The molecular weight excluding hydrogens is 462 g/mol. The fraction of sp³-hybridized carbons (Fsp3) is 0.741. The number of nitrogens with zero attached hydrogens (tertiary/aromatic N) is 3. The van der Waals surface area contributed by atoms with E-state index in [1.165, 1.54) is 0 Å². The molecule has 3 saturated heterocycles.